The first kappa shape index (κ1) is 12.1. The second kappa shape index (κ2) is 5.17. The average molecular weight is 226 g/mol. The quantitative estimate of drug-likeness (QED) is 0.785. The molecule has 1 aromatic rings. The number of rotatable bonds is 4. The zero-order valence-corrected chi connectivity index (χ0v) is 9.84. The monoisotopic (exact) mass is 225 g/mol. The molecule has 15 heavy (non-hydrogen) atoms. The van der Waals surface area contributed by atoms with Crippen molar-refractivity contribution in [2.45, 2.75) is 25.8 Å². The number of benzene rings is 1. The van der Waals surface area contributed by atoms with Crippen molar-refractivity contribution in [3.05, 3.63) is 35.9 Å². The van der Waals surface area contributed by atoms with Gasteiger partial charge in [0.1, 0.15) is 0 Å². The predicted molar refractivity (Wildman–Crippen MR) is 62.9 cm³/mol. The molecular weight excluding hydrogens is 210 g/mol. The van der Waals surface area contributed by atoms with Crippen LogP contribution in [0.4, 0.5) is 0 Å². The van der Waals surface area contributed by atoms with Crippen molar-refractivity contribution in [1.29, 1.82) is 0 Å². The van der Waals surface area contributed by atoms with E-state index in [1.165, 1.54) is 0 Å². The van der Waals surface area contributed by atoms with E-state index in [0.29, 0.717) is 12.3 Å². The minimum Gasteiger partial charge on any atom is -0.346 e. The Kier molecular flexibility index (Phi) is 4.15. The van der Waals surface area contributed by atoms with Crippen molar-refractivity contribution < 1.29 is 4.79 Å². The molecule has 0 aromatic heterocycles. The van der Waals surface area contributed by atoms with Crippen LogP contribution < -0.4 is 5.32 Å². The van der Waals surface area contributed by atoms with E-state index in [2.05, 4.69) is 5.32 Å². The van der Waals surface area contributed by atoms with Gasteiger partial charge in [0.25, 0.3) is 0 Å². The van der Waals surface area contributed by atoms with E-state index in [4.69, 9.17) is 11.6 Å². The summed E-state index contributed by atoms with van der Waals surface area (Å²) in [5, 5.41) is 2.94. The van der Waals surface area contributed by atoms with Crippen LogP contribution in [0.5, 0.6) is 0 Å². The van der Waals surface area contributed by atoms with E-state index in [9.17, 15) is 4.79 Å². The maximum atomic E-state index is 11.4. The summed E-state index contributed by atoms with van der Waals surface area (Å²) in [7, 11) is 0. The molecule has 0 fully saturated rings. The molecule has 0 radical (unpaired) electrons. The molecule has 1 aromatic carbocycles. The van der Waals surface area contributed by atoms with E-state index >= 15 is 0 Å². The number of halogens is 1. The lowest BCUT2D eigenvalue weighted by Crippen LogP contribution is -2.44. The molecule has 82 valence electrons. The molecule has 3 heteroatoms. The van der Waals surface area contributed by atoms with Crippen LogP contribution in [-0.2, 0) is 10.3 Å². The maximum absolute atomic E-state index is 11.4. The second-order valence-electron chi connectivity index (χ2n) is 3.73. The fourth-order valence-electron chi connectivity index (χ4n) is 1.38. The van der Waals surface area contributed by atoms with Gasteiger partial charge in [0.15, 0.2) is 0 Å². The molecule has 0 saturated carbocycles. The Morgan fingerprint density at radius 1 is 1.40 bits per heavy atom. The predicted octanol–water partition coefficient (Wildman–Crippen LogP) is 2.67. The number of carbonyl (C=O) groups is 1. The van der Waals surface area contributed by atoms with Gasteiger partial charge in [-0.3, -0.25) is 4.79 Å². The third-order valence-corrected chi connectivity index (χ3v) is 2.95. The zero-order valence-electron chi connectivity index (χ0n) is 9.09. The zero-order chi connectivity index (χ0) is 11.3. The van der Waals surface area contributed by atoms with Crippen LogP contribution in [0, 0.1) is 0 Å². The molecular formula is C12H16ClNO. The van der Waals surface area contributed by atoms with Crippen molar-refractivity contribution in [1.82, 2.24) is 5.32 Å². The maximum Gasteiger partial charge on any atom is 0.220 e. The number of carbonyl (C=O) groups excluding carboxylic acids is 1. The van der Waals surface area contributed by atoms with Gasteiger partial charge in [-0.25, -0.2) is 0 Å². The Morgan fingerprint density at radius 3 is 2.47 bits per heavy atom. The molecule has 0 saturated heterocycles. The Balaban J connectivity index is 2.90. The highest BCUT2D eigenvalue weighted by Crippen LogP contribution is 2.22. The van der Waals surface area contributed by atoms with Crippen LogP contribution in [0.3, 0.4) is 0 Å². The van der Waals surface area contributed by atoms with Gasteiger partial charge in [-0.15, -0.1) is 11.6 Å². The molecule has 1 rings (SSSR count). The van der Waals surface area contributed by atoms with E-state index in [0.717, 1.165) is 5.56 Å². The van der Waals surface area contributed by atoms with E-state index in [-0.39, 0.29) is 5.91 Å². The first-order valence-corrected chi connectivity index (χ1v) is 5.58. The molecule has 1 N–H and O–H groups in total. The van der Waals surface area contributed by atoms with Gasteiger partial charge in [-0.05, 0) is 12.5 Å². The molecule has 0 bridgehead atoms. The third-order valence-electron chi connectivity index (χ3n) is 2.41. The number of alkyl halides is 1. The third kappa shape index (κ3) is 2.96. The number of nitrogens with one attached hydrogen (secondary N) is 1. The van der Waals surface area contributed by atoms with Crippen molar-refractivity contribution in [3.63, 3.8) is 0 Å². The van der Waals surface area contributed by atoms with Crippen LogP contribution in [0.25, 0.3) is 0 Å². The minimum absolute atomic E-state index is 0.0157. The fourth-order valence-corrected chi connectivity index (χ4v) is 1.61. The Morgan fingerprint density at radius 2 is 2.00 bits per heavy atom. The summed E-state index contributed by atoms with van der Waals surface area (Å²) in [5.41, 5.74) is 0.553. The molecule has 0 aliphatic carbocycles. The smallest absolute Gasteiger partial charge is 0.220 e. The van der Waals surface area contributed by atoms with Crippen LogP contribution in [0.15, 0.2) is 30.3 Å². The minimum atomic E-state index is -0.476. The summed E-state index contributed by atoms with van der Waals surface area (Å²) in [5.74, 6) is 0.380. The topological polar surface area (TPSA) is 29.1 Å². The highest BCUT2D eigenvalue weighted by Gasteiger charge is 2.26. The Hall–Kier alpha value is -1.02. The van der Waals surface area contributed by atoms with Crippen LogP contribution in [0.1, 0.15) is 25.8 Å². The lowest BCUT2D eigenvalue weighted by atomic mass is 9.94. The standard InChI is InChI=1S/C12H16ClNO/c1-3-11(15)14-12(2,9-13)10-7-5-4-6-8-10/h4-8H,3,9H2,1-2H3,(H,14,15). The van der Waals surface area contributed by atoms with Gasteiger partial charge >= 0.3 is 0 Å². The number of hydrogen-bond acceptors (Lipinski definition) is 1. The van der Waals surface area contributed by atoms with E-state index in [1.54, 1.807) is 0 Å². The largest absolute Gasteiger partial charge is 0.346 e. The van der Waals surface area contributed by atoms with Gasteiger partial charge in [0.05, 0.1) is 5.54 Å². The lowest BCUT2D eigenvalue weighted by molar-refractivity contribution is -0.122. The van der Waals surface area contributed by atoms with Crippen molar-refractivity contribution in [3.8, 4) is 0 Å². The van der Waals surface area contributed by atoms with Gasteiger partial charge in [0.2, 0.25) is 5.91 Å². The molecule has 1 amide bonds. The summed E-state index contributed by atoms with van der Waals surface area (Å²) in [6.07, 6.45) is 0.472. The molecule has 0 aliphatic rings. The second-order valence-corrected chi connectivity index (χ2v) is 4.00. The average Bonchev–Trinajstić information content (AvgIpc) is 2.30. The fraction of sp³-hybridized carbons (Fsp3) is 0.417. The molecule has 1 atom stereocenters. The summed E-state index contributed by atoms with van der Waals surface area (Å²) in [4.78, 5) is 11.4. The van der Waals surface area contributed by atoms with E-state index < -0.39 is 5.54 Å². The number of amides is 1. The first-order chi connectivity index (χ1) is 7.12. The summed E-state index contributed by atoms with van der Waals surface area (Å²) in [6.45, 7) is 3.76. The van der Waals surface area contributed by atoms with Crippen molar-refractivity contribution in [2.75, 3.05) is 5.88 Å². The normalized spacial score (nSPS) is 14.3. The van der Waals surface area contributed by atoms with Gasteiger partial charge in [-0.2, -0.15) is 0 Å². The Bertz CT molecular complexity index is 326. The van der Waals surface area contributed by atoms with Crippen LogP contribution >= 0.6 is 11.6 Å². The SMILES string of the molecule is CCC(=O)NC(C)(CCl)c1ccccc1. The molecule has 2 nitrogen and oxygen atoms in total. The summed E-state index contributed by atoms with van der Waals surface area (Å²) in [6, 6.07) is 9.77. The van der Waals surface area contributed by atoms with Crippen molar-refractivity contribution in [2.24, 2.45) is 0 Å². The summed E-state index contributed by atoms with van der Waals surface area (Å²) >= 11 is 5.93. The molecule has 1 unspecified atom stereocenters. The van der Waals surface area contributed by atoms with Crippen molar-refractivity contribution >= 4 is 17.5 Å². The van der Waals surface area contributed by atoms with Gasteiger partial charge in [-0.1, -0.05) is 37.3 Å². The highest BCUT2D eigenvalue weighted by atomic mass is 35.5. The van der Waals surface area contributed by atoms with Gasteiger partial charge < -0.3 is 5.32 Å². The van der Waals surface area contributed by atoms with Gasteiger partial charge in [0, 0.05) is 12.3 Å². The number of hydrogen-bond donors (Lipinski definition) is 1. The summed E-state index contributed by atoms with van der Waals surface area (Å²) < 4.78 is 0. The van der Waals surface area contributed by atoms with E-state index in [1.807, 2.05) is 44.2 Å². The first-order valence-electron chi connectivity index (χ1n) is 5.05. The van der Waals surface area contributed by atoms with Crippen LogP contribution in [-0.4, -0.2) is 11.8 Å². The van der Waals surface area contributed by atoms with Crippen LogP contribution in [0.2, 0.25) is 0 Å². The molecule has 0 heterocycles. The molecule has 0 aliphatic heterocycles. The lowest BCUT2D eigenvalue weighted by Gasteiger charge is -2.29. The highest BCUT2D eigenvalue weighted by molar-refractivity contribution is 6.18. The molecule has 0 spiro atoms. The Labute approximate surface area is 95.6 Å².